The van der Waals surface area contributed by atoms with Gasteiger partial charge in [-0.15, -0.1) is 0 Å². The number of hydrogen-bond donors (Lipinski definition) is 2. The van der Waals surface area contributed by atoms with Gasteiger partial charge in [0.15, 0.2) is 6.10 Å². The number of carbonyl (C=O) groups is 2. The molecule has 0 aliphatic carbocycles. The molecule has 0 radical (unpaired) electrons. The second kappa shape index (κ2) is 58.5. The molecule has 2 atom stereocenters. The summed E-state index contributed by atoms with van der Waals surface area (Å²) >= 11 is 0. The molecule has 73 heavy (non-hydrogen) atoms. The Bertz CT molecular complexity index is 1470. The molecule has 422 valence electrons. The van der Waals surface area contributed by atoms with E-state index in [1.54, 1.807) is 0 Å². The quantitative estimate of drug-likeness (QED) is 0.0264. The molecule has 0 bridgehead atoms. The Kier molecular flexibility index (Phi) is 56.2. The Morgan fingerprint density at radius 2 is 0.753 bits per heavy atom. The smallest absolute Gasteiger partial charge is 0.462 e. The summed E-state index contributed by atoms with van der Waals surface area (Å²) in [7, 11) is -4.39. The Morgan fingerprint density at radius 3 is 1.12 bits per heavy atom. The summed E-state index contributed by atoms with van der Waals surface area (Å²) in [5.74, 6) is -0.828. The molecule has 0 aliphatic heterocycles. The van der Waals surface area contributed by atoms with Crippen molar-refractivity contribution < 1.29 is 37.6 Å². The van der Waals surface area contributed by atoms with Crippen LogP contribution in [0.5, 0.6) is 0 Å². The first-order valence-electron chi connectivity index (χ1n) is 30.1. The number of ether oxygens (including phenoxy) is 2. The molecule has 10 heteroatoms. The van der Waals surface area contributed by atoms with E-state index in [9.17, 15) is 19.0 Å². The van der Waals surface area contributed by atoms with Crippen LogP contribution in [-0.4, -0.2) is 49.3 Å². The van der Waals surface area contributed by atoms with Crippen molar-refractivity contribution in [1.29, 1.82) is 0 Å². The summed E-state index contributed by atoms with van der Waals surface area (Å²) in [6.45, 7) is 3.64. The number of phosphoric ester groups is 1. The molecular weight excluding hydrogens is 930 g/mol. The first-order chi connectivity index (χ1) is 35.8. The van der Waals surface area contributed by atoms with Gasteiger partial charge < -0.3 is 20.1 Å². The lowest BCUT2D eigenvalue weighted by Crippen LogP contribution is -2.29. The standard InChI is InChI=1S/C63H112NO8P/c1-3-5-7-9-11-13-15-17-19-21-23-25-26-27-28-29-30-31-32-33-34-36-38-40-42-44-46-48-50-52-54-56-63(66)72-61(60-71-73(67,68)70-58-57-64)59-69-62(65)55-53-51-49-47-45-43-41-39-37-35-24-22-20-18-16-14-12-10-8-6-4-2/h5,7,11,13,16-19,22-25,27-28,61H,3-4,6,8-10,12,14-15,20-21,26,29-60,64H2,1-2H3,(H,67,68)/b7-5-,13-11-,18-16-,19-17-,24-22-,25-23-,28-27-. The van der Waals surface area contributed by atoms with Gasteiger partial charge in [-0.3, -0.25) is 18.6 Å². The van der Waals surface area contributed by atoms with Gasteiger partial charge in [0.2, 0.25) is 0 Å². The average molecular weight is 1040 g/mol. The van der Waals surface area contributed by atoms with Crippen molar-refractivity contribution in [1.82, 2.24) is 0 Å². The Morgan fingerprint density at radius 1 is 0.425 bits per heavy atom. The molecule has 0 heterocycles. The Balaban J connectivity index is 3.95. The molecule has 0 spiro atoms. The number of carbonyl (C=O) groups excluding carboxylic acids is 2. The fourth-order valence-electron chi connectivity index (χ4n) is 8.34. The van der Waals surface area contributed by atoms with Gasteiger partial charge in [-0.1, -0.05) is 253 Å². The third-order valence-corrected chi connectivity index (χ3v) is 13.7. The number of rotatable bonds is 56. The Hall–Kier alpha value is -2.81. The van der Waals surface area contributed by atoms with Crippen LogP contribution in [0.3, 0.4) is 0 Å². The van der Waals surface area contributed by atoms with Crippen LogP contribution in [0.15, 0.2) is 85.1 Å². The van der Waals surface area contributed by atoms with E-state index >= 15 is 0 Å². The molecular formula is C63H112NO8P. The number of allylic oxidation sites excluding steroid dienone is 14. The number of unbranched alkanes of at least 4 members (excludes halogenated alkanes) is 29. The molecule has 0 aromatic heterocycles. The van der Waals surface area contributed by atoms with E-state index in [4.69, 9.17) is 24.3 Å². The molecule has 0 saturated heterocycles. The topological polar surface area (TPSA) is 134 Å². The van der Waals surface area contributed by atoms with Crippen molar-refractivity contribution in [2.24, 2.45) is 5.73 Å². The predicted molar refractivity (Wildman–Crippen MR) is 312 cm³/mol. The van der Waals surface area contributed by atoms with Crippen molar-refractivity contribution in [2.75, 3.05) is 26.4 Å². The largest absolute Gasteiger partial charge is 0.472 e. The monoisotopic (exact) mass is 1040 g/mol. The van der Waals surface area contributed by atoms with E-state index in [2.05, 4.69) is 98.9 Å². The highest BCUT2D eigenvalue weighted by molar-refractivity contribution is 7.47. The lowest BCUT2D eigenvalue weighted by Gasteiger charge is -2.19. The first-order valence-corrected chi connectivity index (χ1v) is 31.6. The molecule has 0 aliphatic rings. The van der Waals surface area contributed by atoms with Gasteiger partial charge >= 0.3 is 19.8 Å². The minimum atomic E-state index is -4.39. The molecule has 9 nitrogen and oxygen atoms in total. The number of esters is 2. The molecule has 0 fully saturated rings. The minimum absolute atomic E-state index is 0.0505. The van der Waals surface area contributed by atoms with Crippen molar-refractivity contribution >= 4 is 19.8 Å². The van der Waals surface area contributed by atoms with E-state index in [0.717, 1.165) is 83.5 Å². The minimum Gasteiger partial charge on any atom is -0.462 e. The van der Waals surface area contributed by atoms with Gasteiger partial charge in [-0.05, 0) is 89.9 Å². The van der Waals surface area contributed by atoms with Crippen LogP contribution in [0.25, 0.3) is 0 Å². The highest BCUT2D eigenvalue weighted by Gasteiger charge is 2.26. The SMILES string of the molecule is CC/C=C\C/C=C\C/C=C\C/C=C\C/C=C\CCCCCCCCCCCCCCCCCC(=O)OC(COC(=O)CCCCCCCCCCC/C=C\C/C=C\CCCCCCC)COP(=O)(O)OCCN. The van der Waals surface area contributed by atoms with Crippen LogP contribution in [0.1, 0.15) is 271 Å². The molecule has 0 rings (SSSR count). The summed E-state index contributed by atoms with van der Waals surface area (Å²) < 4.78 is 33.1. The summed E-state index contributed by atoms with van der Waals surface area (Å²) in [6, 6.07) is 0. The molecule has 0 aromatic rings. The number of hydrogen-bond acceptors (Lipinski definition) is 8. The average Bonchev–Trinajstić information content (AvgIpc) is 3.38. The maximum absolute atomic E-state index is 12.7. The number of nitrogens with two attached hydrogens (primary N) is 1. The fourth-order valence-corrected chi connectivity index (χ4v) is 9.11. The third-order valence-electron chi connectivity index (χ3n) is 12.8. The van der Waals surface area contributed by atoms with Gasteiger partial charge in [-0.25, -0.2) is 4.57 Å². The Labute approximate surface area is 449 Å². The summed E-state index contributed by atoms with van der Waals surface area (Å²) in [6.07, 6.45) is 76.4. The van der Waals surface area contributed by atoms with Crippen LogP contribution < -0.4 is 5.73 Å². The maximum atomic E-state index is 12.7. The second-order valence-electron chi connectivity index (χ2n) is 19.8. The van der Waals surface area contributed by atoms with Crippen molar-refractivity contribution in [3.63, 3.8) is 0 Å². The third kappa shape index (κ3) is 58.3. The van der Waals surface area contributed by atoms with Gasteiger partial charge in [-0.2, -0.15) is 0 Å². The van der Waals surface area contributed by atoms with Gasteiger partial charge in [0.1, 0.15) is 6.61 Å². The maximum Gasteiger partial charge on any atom is 0.472 e. The van der Waals surface area contributed by atoms with Gasteiger partial charge in [0.05, 0.1) is 13.2 Å². The van der Waals surface area contributed by atoms with E-state index in [0.29, 0.717) is 6.42 Å². The van der Waals surface area contributed by atoms with Crippen LogP contribution in [-0.2, 0) is 32.7 Å². The molecule has 0 saturated carbocycles. The zero-order chi connectivity index (χ0) is 53.1. The first kappa shape index (κ1) is 70.2. The van der Waals surface area contributed by atoms with Crippen LogP contribution in [0.2, 0.25) is 0 Å². The summed E-state index contributed by atoms with van der Waals surface area (Å²) in [4.78, 5) is 35.2. The molecule has 2 unspecified atom stereocenters. The van der Waals surface area contributed by atoms with E-state index in [1.165, 1.54) is 154 Å². The number of phosphoric acid groups is 1. The lowest BCUT2D eigenvalue weighted by atomic mass is 10.0. The zero-order valence-corrected chi connectivity index (χ0v) is 48.0. The lowest BCUT2D eigenvalue weighted by molar-refractivity contribution is -0.161. The van der Waals surface area contributed by atoms with Crippen LogP contribution in [0.4, 0.5) is 0 Å². The van der Waals surface area contributed by atoms with Crippen LogP contribution >= 0.6 is 7.82 Å². The zero-order valence-electron chi connectivity index (χ0n) is 47.1. The fraction of sp³-hybridized carbons (Fsp3) is 0.746. The highest BCUT2D eigenvalue weighted by Crippen LogP contribution is 2.43. The normalized spacial score (nSPS) is 13.6. The van der Waals surface area contributed by atoms with E-state index in [1.807, 2.05) is 0 Å². The molecule has 0 aromatic carbocycles. The van der Waals surface area contributed by atoms with Crippen molar-refractivity contribution in [3.8, 4) is 0 Å². The van der Waals surface area contributed by atoms with Crippen LogP contribution in [0, 0.1) is 0 Å². The van der Waals surface area contributed by atoms with Crippen molar-refractivity contribution in [2.45, 2.75) is 277 Å². The predicted octanol–water partition coefficient (Wildman–Crippen LogP) is 19.1. The summed E-state index contributed by atoms with van der Waals surface area (Å²) in [5, 5.41) is 0. The van der Waals surface area contributed by atoms with Gasteiger partial charge in [0.25, 0.3) is 0 Å². The molecule has 3 N–H and O–H groups in total. The van der Waals surface area contributed by atoms with E-state index in [-0.39, 0.29) is 38.6 Å². The second-order valence-corrected chi connectivity index (χ2v) is 21.3. The van der Waals surface area contributed by atoms with Gasteiger partial charge in [0, 0.05) is 19.4 Å². The highest BCUT2D eigenvalue weighted by atomic mass is 31.2. The summed E-state index contributed by atoms with van der Waals surface area (Å²) in [5.41, 5.74) is 5.39. The van der Waals surface area contributed by atoms with E-state index < -0.39 is 26.5 Å². The molecule has 0 amide bonds. The van der Waals surface area contributed by atoms with Crippen molar-refractivity contribution in [3.05, 3.63) is 85.1 Å².